The molecular formula is C9H11ClFNO2S. The zero-order valence-corrected chi connectivity index (χ0v) is 9.43. The molecule has 1 unspecified atom stereocenters. The minimum atomic E-state index is -3.95. The second-order valence-electron chi connectivity index (χ2n) is 2.99. The molecular weight excluding hydrogens is 241 g/mol. The average Bonchev–Trinajstić information content (AvgIpc) is 2.18. The van der Waals surface area contributed by atoms with Crippen LogP contribution in [0.4, 0.5) is 4.39 Å². The highest BCUT2D eigenvalue weighted by atomic mass is 35.5. The largest absolute Gasteiger partial charge is 0.330 e. The molecule has 0 heterocycles. The summed E-state index contributed by atoms with van der Waals surface area (Å²) in [6.07, 6.45) is -0.213. The third-order valence-electron chi connectivity index (χ3n) is 1.85. The van der Waals surface area contributed by atoms with Crippen molar-refractivity contribution in [1.82, 2.24) is 0 Å². The molecule has 1 atom stereocenters. The highest BCUT2D eigenvalue weighted by molar-refractivity contribution is 7.91. The fraction of sp³-hybridized carbons (Fsp3) is 0.333. The first-order valence-corrected chi connectivity index (χ1v) is 6.24. The van der Waals surface area contributed by atoms with E-state index >= 15 is 0 Å². The lowest BCUT2D eigenvalue weighted by Gasteiger charge is -2.08. The van der Waals surface area contributed by atoms with Crippen molar-refractivity contribution < 1.29 is 12.8 Å². The van der Waals surface area contributed by atoms with Crippen LogP contribution in [0.15, 0.2) is 29.2 Å². The van der Waals surface area contributed by atoms with E-state index in [1.807, 2.05) is 0 Å². The molecule has 0 saturated carbocycles. The third kappa shape index (κ3) is 2.90. The van der Waals surface area contributed by atoms with Gasteiger partial charge in [0.15, 0.2) is 0 Å². The Balaban J connectivity index is 3.06. The van der Waals surface area contributed by atoms with Gasteiger partial charge < -0.3 is 5.73 Å². The van der Waals surface area contributed by atoms with E-state index in [0.717, 1.165) is 0 Å². The van der Waals surface area contributed by atoms with Crippen LogP contribution in [0.1, 0.15) is 6.42 Å². The van der Waals surface area contributed by atoms with Crippen LogP contribution in [-0.2, 0) is 9.84 Å². The molecule has 3 nitrogen and oxygen atoms in total. The van der Waals surface area contributed by atoms with Crippen LogP contribution in [0.25, 0.3) is 0 Å². The fourth-order valence-electron chi connectivity index (χ4n) is 1.08. The smallest absolute Gasteiger partial charge is 0.210 e. The number of halogens is 2. The summed E-state index contributed by atoms with van der Waals surface area (Å²) in [5, 5.41) is 0.260. The zero-order valence-electron chi connectivity index (χ0n) is 7.86. The summed E-state index contributed by atoms with van der Waals surface area (Å²) < 4.78 is 36.5. The van der Waals surface area contributed by atoms with E-state index in [1.165, 1.54) is 24.3 Å². The molecule has 0 spiro atoms. The first kappa shape index (κ1) is 12.4. The van der Waals surface area contributed by atoms with Crippen LogP contribution in [-0.4, -0.2) is 20.5 Å². The van der Waals surface area contributed by atoms with Gasteiger partial charge >= 0.3 is 0 Å². The van der Waals surface area contributed by atoms with E-state index in [2.05, 4.69) is 0 Å². The predicted octanol–water partition coefficient (Wildman–Crippen LogP) is 1.76. The lowest BCUT2D eigenvalue weighted by molar-refractivity contribution is 0.402. The second kappa shape index (κ2) is 4.92. The van der Waals surface area contributed by atoms with Crippen molar-refractivity contribution in [1.29, 1.82) is 0 Å². The van der Waals surface area contributed by atoms with E-state index in [1.54, 1.807) is 0 Å². The molecule has 0 amide bonds. The van der Waals surface area contributed by atoms with Crippen LogP contribution in [0.5, 0.6) is 0 Å². The number of hydrogen-bond donors (Lipinski definition) is 1. The minimum absolute atomic E-state index is 0.0129. The molecule has 0 bridgehead atoms. The molecule has 0 aliphatic carbocycles. The minimum Gasteiger partial charge on any atom is -0.330 e. The van der Waals surface area contributed by atoms with Crippen LogP contribution < -0.4 is 5.73 Å². The molecule has 15 heavy (non-hydrogen) atoms. The van der Waals surface area contributed by atoms with Crippen molar-refractivity contribution in [3.63, 3.8) is 0 Å². The Hall–Kier alpha value is -0.650. The molecule has 1 aromatic carbocycles. The molecule has 0 aliphatic rings. The van der Waals surface area contributed by atoms with Gasteiger partial charge in [-0.1, -0.05) is 17.7 Å². The zero-order chi connectivity index (χ0) is 11.5. The Morgan fingerprint density at radius 1 is 1.47 bits per heavy atom. The number of hydrogen-bond acceptors (Lipinski definition) is 3. The molecule has 0 fully saturated rings. The summed E-state index contributed by atoms with van der Waals surface area (Å²) in [6.45, 7) is -0.0129. The van der Waals surface area contributed by atoms with Gasteiger partial charge in [-0.25, -0.2) is 12.8 Å². The van der Waals surface area contributed by atoms with Crippen molar-refractivity contribution >= 4 is 21.4 Å². The Morgan fingerprint density at radius 3 is 2.67 bits per heavy atom. The Morgan fingerprint density at radius 2 is 2.13 bits per heavy atom. The quantitative estimate of drug-likeness (QED) is 0.887. The van der Waals surface area contributed by atoms with Crippen LogP contribution in [0.3, 0.4) is 0 Å². The molecule has 1 rings (SSSR count). The maximum atomic E-state index is 13.3. The molecule has 0 aliphatic heterocycles. The van der Waals surface area contributed by atoms with Gasteiger partial charge in [-0.3, -0.25) is 0 Å². The van der Waals surface area contributed by atoms with E-state index in [4.69, 9.17) is 17.3 Å². The maximum Gasteiger partial charge on any atom is 0.210 e. The van der Waals surface area contributed by atoms with Crippen LogP contribution in [0, 0.1) is 0 Å². The predicted molar refractivity (Wildman–Crippen MR) is 57.2 cm³/mol. The molecule has 0 aromatic heterocycles. The monoisotopic (exact) mass is 251 g/mol. The second-order valence-corrected chi connectivity index (χ2v) is 5.50. The lowest BCUT2D eigenvalue weighted by Crippen LogP contribution is -2.20. The molecule has 6 heteroatoms. The van der Waals surface area contributed by atoms with Crippen molar-refractivity contribution in [3.8, 4) is 0 Å². The topological polar surface area (TPSA) is 60.2 Å². The molecule has 0 radical (unpaired) electrons. The first-order chi connectivity index (χ1) is 6.98. The third-order valence-corrected chi connectivity index (χ3v) is 3.91. The number of nitrogens with two attached hydrogens (primary N) is 1. The molecule has 84 valence electrons. The van der Waals surface area contributed by atoms with Gasteiger partial charge in [0, 0.05) is 11.4 Å². The van der Waals surface area contributed by atoms with E-state index in [0.29, 0.717) is 0 Å². The average molecular weight is 252 g/mol. The highest BCUT2D eigenvalue weighted by Crippen LogP contribution is 2.21. The summed E-state index contributed by atoms with van der Waals surface area (Å²) >= 11 is 5.62. The summed E-state index contributed by atoms with van der Waals surface area (Å²) in [5.74, 6) is 0. The number of rotatable bonds is 4. The van der Waals surface area contributed by atoms with Gasteiger partial charge in [0.25, 0.3) is 0 Å². The van der Waals surface area contributed by atoms with Gasteiger partial charge in [-0.2, -0.15) is 0 Å². The Kier molecular flexibility index (Phi) is 4.07. The van der Waals surface area contributed by atoms with Crippen molar-refractivity contribution in [3.05, 3.63) is 29.3 Å². The summed E-state index contributed by atoms with van der Waals surface area (Å²) in [6, 6.07) is 5.52. The lowest BCUT2D eigenvalue weighted by atomic mass is 10.4. The van der Waals surface area contributed by atoms with Crippen molar-refractivity contribution in [2.45, 2.75) is 16.8 Å². The summed E-state index contributed by atoms with van der Waals surface area (Å²) in [7, 11) is -3.95. The van der Waals surface area contributed by atoms with Crippen molar-refractivity contribution in [2.75, 3.05) is 6.54 Å². The van der Waals surface area contributed by atoms with Crippen LogP contribution >= 0.6 is 11.6 Å². The van der Waals surface area contributed by atoms with Gasteiger partial charge in [0.05, 0.1) is 4.90 Å². The fourth-order valence-corrected chi connectivity index (χ4v) is 2.63. The highest BCUT2D eigenvalue weighted by Gasteiger charge is 2.26. The van der Waals surface area contributed by atoms with E-state index in [9.17, 15) is 12.8 Å². The van der Waals surface area contributed by atoms with Gasteiger partial charge in [0.1, 0.15) is 0 Å². The molecule has 2 N–H and O–H groups in total. The SMILES string of the molecule is NCCC(F)S(=O)(=O)c1cccc(Cl)c1. The molecule has 0 saturated heterocycles. The summed E-state index contributed by atoms with van der Waals surface area (Å²) in [5.41, 5.74) is 3.13. The van der Waals surface area contributed by atoms with E-state index in [-0.39, 0.29) is 22.9 Å². The van der Waals surface area contributed by atoms with Gasteiger partial charge in [-0.15, -0.1) is 0 Å². The van der Waals surface area contributed by atoms with Crippen molar-refractivity contribution in [2.24, 2.45) is 5.73 Å². The van der Waals surface area contributed by atoms with Gasteiger partial charge in [0.2, 0.25) is 15.3 Å². The Labute approximate surface area is 93.0 Å². The Bertz CT molecular complexity index is 435. The first-order valence-electron chi connectivity index (χ1n) is 4.32. The number of benzene rings is 1. The van der Waals surface area contributed by atoms with E-state index < -0.39 is 15.3 Å². The number of sulfone groups is 1. The standard InChI is InChI=1S/C9H11ClFNO2S/c10-7-2-1-3-8(6-7)15(13,14)9(11)4-5-12/h1-3,6,9H,4-5,12H2. The summed E-state index contributed by atoms with van der Waals surface area (Å²) in [4.78, 5) is -0.115. The molecule has 1 aromatic rings. The number of alkyl halides is 1. The normalized spacial score (nSPS) is 13.8. The van der Waals surface area contributed by atoms with Gasteiger partial charge in [-0.05, 0) is 24.7 Å². The maximum absolute atomic E-state index is 13.3. The van der Waals surface area contributed by atoms with Crippen LogP contribution in [0.2, 0.25) is 5.02 Å².